The summed E-state index contributed by atoms with van der Waals surface area (Å²) < 4.78 is 0. The number of nitrogens with zero attached hydrogens (tertiary/aromatic N) is 1. The van der Waals surface area contributed by atoms with E-state index in [9.17, 15) is 9.59 Å². The number of aliphatic carboxylic acids is 1. The molecule has 0 spiro atoms. The lowest BCUT2D eigenvalue weighted by atomic mass is 10.3. The van der Waals surface area contributed by atoms with Crippen LogP contribution in [0.5, 0.6) is 0 Å². The van der Waals surface area contributed by atoms with Crippen molar-refractivity contribution in [1.29, 1.82) is 0 Å². The molecule has 1 atom stereocenters. The summed E-state index contributed by atoms with van der Waals surface area (Å²) in [4.78, 5) is 22.3. The van der Waals surface area contributed by atoms with Crippen LogP contribution >= 0.6 is 0 Å². The Hall–Kier alpha value is -1.19. The van der Waals surface area contributed by atoms with Crippen molar-refractivity contribution >= 4 is 12.0 Å². The highest BCUT2D eigenvalue weighted by Crippen LogP contribution is 1.84. The summed E-state index contributed by atoms with van der Waals surface area (Å²) in [5.41, 5.74) is 4.91. The average Bonchev–Trinajstić information content (AvgIpc) is 1.82. The number of hydrogen-bond donors (Lipinski definition) is 2. The van der Waals surface area contributed by atoms with Crippen LogP contribution in [-0.2, 0) is 9.59 Å². The minimum Gasteiger partial charge on any atom is -0.480 e. The second-order valence-corrected chi connectivity index (χ2v) is 1.31. The highest BCUT2D eigenvalue weighted by Gasteiger charge is 2.12. The van der Waals surface area contributed by atoms with Gasteiger partial charge < -0.3 is 10.8 Å². The third kappa shape index (κ3) is 2.58. The minimum absolute atomic E-state index is 0.176. The van der Waals surface area contributed by atoms with Crippen LogP contribution in [0.1, 0.15) is 0 Å². The molecular formula is C4H6N2O3. The lowest BCUT2D eigenvalue weighted by Crippen LogP contribution is -2.26. The summed E-state index contributed by atoms with van der Waals surface area (Å²) >= 11 is 0. The quantitative estimate of drug-likeness (QED) is 0.368. The van der Waals surface area contributed by atoms with E-state index >= 15 is 0 Å². The van der Waals surface area contributed by atoms with Gasteiger partial charge in [0.15, 0.2) is 6.04 Å². The average molecular weight is 130 g/mol. The van der Waals surface area contributed by atoms with Gasteiger partial charge in [-0.05, 0) is 0 Å². The summed E-state index contributed by atoms with van der Waals surface area (Å²) in [6.07, 6.45) is 1.11. The molecule has 0 aromatic heterocycles. The van der Waals surface area contributed by atoms with Gasteiger partial charge in [-0.15, -0.1) is 0 Å². The van der Waals surface area contributed by atoms with Crippen LogP contribution in [0, 0.1) is 0 Å². The number of nitrogens with two attached hydrogens (primary N) is 1. The van der Waals surface area contributed by atoms with Crippen molar-refractivity contribution in [2.24, 2.45) is 10.7 Å². The zero-order chi connectivity index (χ0) is 7.28. The first-order valence-electron chi connectivity index (χ1n) is 2.22. The Balaban J connectivity index is 3.98. The van der Waals surface area contributed by atoms with Crippen LogP contribution in [0.15, 0.2) is 4.99 Å². The number of carbonyl (C=O) groups is 1. The third-order valence-corrected chi connectivity index (χ3v) is 0.717. The van der Waals surface area contributed by atoms with Gasteiger partial charge in [-0.25, -0.2) is 9.59 Å². The molecule has 0 heterocycles. The number of aliphatic imine (C=N–C) groups is 1. The van der Waals surface area contributed by atoms with Crippen LogP contribution in [0.3, 0.4) is 0 Å². The van der Waals surface area contributed by atoms with Crippen molar-refractivity contribution < 1.29 is 14.7 Å². The maximum atomic E-state index is 9.97. The maximum Gasteiger partial charge on any atom is 0.330 e. The molecule has 9 heavy (non-hydrogen) atoms. The molecule has 0 aromatic rings. The summed E-state index contributed by atoms with van der Waals surface area (Å²) in [6.45, 7) is -0.176. The zero-order valence-corrected chi connectivity index (χ0v) is 4.57. The van der Waals surface area contributed by atoms with Crippen LogP contribution < -0.4 is 5.73 Å². The molecule has 0 radical (unpaired) electrons. The highest BCUT2D eigenvalue weighted by atomic mass is 16.4. The molecular weight excluding hydrogens is 124 g/mol. The second-order valence-electron chi connectivity index (χ2n) is 1.31. The van der Waals surface area contributed by atoms with Crippen molar-refractivity contribution in [3.63, 3.8) is 0 Å². The molecule has 5 heteroatoms. The summed E-state index contributed by atoms with van der Waals surface area (Å²) in [5, 5.41) is 8.15. The van der Waals surface area contributed by atoms with Crippen molar-refractivity contribution in [3.8, 4) is 0 Å². The van der Waals surface area contributed by atoms with Crippen LogP contribution in [0.4, 0.5) is 0 Å². The molecule has 0 amide bonds. The molecule has 0 fully saturated rings. The normalized spacial score (nSPS) is 11.7. The molecule has 0 saturated carbocycles. The Kier molecular flexibility index (Phi) is 3.27. The van der Waals surface area contributed by atoms with Gasteiger partial charge in [-0.2, -0.15) is 4.99 Å². The summed E-state index contributed by atoms with van der Waals surface area (Å²) in [7, 11) is 0. The van der Waals surface area contributed by atoms with Gasteiger partial charge in [-0.3, -0.25) is 0 Å². The molecule has 3 N–H and O–H groups in total. The fourth-order valence-corrected chi connectivity index (χ4v) is 0.272. The summed E-state index contributed by atoms with van der Waals surface area (Å²) in [5.74, 6) is -1.21. The Morgan fingerprint density at radius 3 is 2.56 bits per heavy atom. The van der Waals surface area contributed by atoms with E-state index in [2.05, 4.69) is 4.99 Å². The van der Waals surface area contributed by atoms with Gasteiger partial charge >= 0.3 is 5.97 Å². The Bertz CT molecular complexity index is 148. The van der Waals surface area contributed by atoms with Crippen LogP contribution in [0.25, 0.3) is 0 Å². The number of rotatable bonds is 3. The zero-order valence-electron chi connectivity index (χ0n) is 4.57. The molecule has 5 nitrogen and oxygen atoms in total. The maximum absolute atomic E-state index is 9.97. The molecule has 0 aliphatic heterocycles. The monoisotopic (exact) mass is 130 g/mol. The summed E-state index contributed by atoms with van der Waals surface area (Å²) in [6, 6.07) is -1.14. The van der Waals surface area contributed by atoms with E-state index in [0.717, 1.165) is 6.08 Å². The molecule has 0 unspecified atom stereocenters. The van der Waals surface area contributed by atoms with E-state index in [-0.39, 0.29) is 6.54 Å². The predicted octanol–water partition coefficient (Wildman–Crippen LogP) is -1.27. The van der Waals surface area contributed by atoms with E-state index < -0.39 is 12.0 Å². The van der Waals surface area contributed by atoms with Gasteiger partial charge in [0.1, 0.15) is 0 Å². The third-order valence-electron chi connectivity index (χ3n) is 0.717. The first kappa shape index (κ1) is 7.81. The standard InChI is InChI=1S/C4H6N2O3/c5-1-3(4(8)9)6-2-7/h3H,1,5H2,(H,8,9)/t3-/m0/s1. The van der Waals surface area contributed by atoms with Crippen LogP contribution in [-0.4, -0.2) is 29.7 Å². The topological polar surface area (TPSA) is 92.8 Å². The molecule has 50 valence electrons. The fraction of sp³-hybridized carbons (Fsp3) is 0.500. The number of hydrogen-bond acceptors (Lipinski definition) is 4. The van der Waals surface area contributed by atoms with Gasteiger partial charge in [0.05, 0.1) is 0 Å². The van der Waals surface area contributed by atoms with E-state index in [0.29, 0.717) is 0 Å². The van der Waals surface area contributed by atoms with E-state index in [1.807, 2.05) is 0 Å². The van der Waals surface area contributed by atoms with Crippen molar-refractivity contribution in [2.75, 3.05) is 6.54 Å². The van der Waals surface area contributed by atoms with Gasteiger partial charge in [-0.1, -0.05) is 0 Å². The van der Waals surface area contributed by atoms with Gasteiger partial charge in [0.25, 0.3) is 0 Å². The van der Waals surface area contributed by atoms with Gasteiger partial charge in [0.2, 0.25) is 6.08 Å². The van der Waals surface area contributed by atoms with E-state index in [4.69, 9.17) is 10.8 Å². The smallest absolute Gasteiger partial charge is 0.330 e. The predicted molar refractivity (Wildman–Crippen MR) is 28.6 cm³/mol. The molecule has 0 saturated heterocycles. The SMILES string of the molecule is NC[C@H](N=C=O)C(=O)O. The van der Waals surface area contributed by atoms with Gasteiger partial charge in [0, 0.05) is 6.54 Å². The lowest BCUT2D eigenvalue weighted by molar-refractivity contribution is -0.138. The van der Waals surface area contributed by atoms with Crippen molar-refractivity contribution in [2.45, 2.75) is 6.04 Å². The Morgan fingerprint density at radius 1 is 1.89 bits per heavy atom. The molecule has 0 bridgehead atoms. The Labute approximate surface area is 51.2 Å². The first-order chi connectivity index (χ1) is 4.22. The van der Waals surface area contributed by atoms with E-state index in [1.54, 1.807) is 0 Å². The minimum atomic E-state index is -1.21. The molecule has 0 aliphatic carbocycles. The van der Waals surface area contributed by atoms with Crippen molar-refractivity contribution in [1.82, 2.24) is 0 Å². The number of isocyanates is 1. The highest BCUT2D eigenvalue weighted by molar-refractivity contribution is 5.74. The largest absolute Gasteiger partial charge is 0.480 e. The Morgan fingerprint density at radius 2 is 2.44 bits per heavy atom. The van der Waals surface area contributed by atoms with E-state index in [1.165, 1.54) is 0 Å². The number of carbonyl (C=O) groups excluding carboxylic acids is 1. The number of carboxylic acid groups (broad SMARTS) is 1. The van der Waals surface area contributed by atoms with Crippen LogP contribution in [0.2, 0.25) is 0 Å². The lowest BCUT2D eigenvalue weighted by Gasteiger charge is -1.96. The molecule has 0 aliphatic rings. The first-order valence-corrected chi connectivity index (χ1v) is 2.22. The number of carboxylic acids is 1. The molecule has 0 aromatic carbocycles. The molecule has 0 rings (SSSR count). The second kappa shape index (κ2) is 3.77. The fourth-order valence-electron chi connectivity index (χ4n) is 0.272. The van der Waals surface area contributed by atoms with Crippen molar-refractivity contribution in [3.05, 3.63) is 0 Å².